The van der Waals surface area contributed by atoms with Gasteiger partial charge in [-0.3, -0.25) is 28.8 Å². The maximum Gasteiger partial charge on any atom is 3.00 e. The van der Waals surface area contributed by atoms with Crippen molar-refractivity contribution in [2.45, 2.75) is 38.9 Å². The molecular weight excluding hydrogens is 847 g/mol. The van der Waals surface area contributed by atoms with Gasteiger partial charge in [0.15, 0.2) is 16.3 Å². The number of methoxy groups -OCH3 is 3. The van der Waals surface area contributed by atoms with Gasteiger partial charge in [0, 0.05) is 103 Å². The Kier molecular flexibility index (Phi) is 19.7. The van der Waals surface area contributed by atoms with Crippen molar-refractivity contribution < 1.29 is 79.9 Å². The molecule has 1 aliphatic carbocycles. The second-order valence-electron chi connectivity index (χ2n) is 13.0. The Morgan fingerprint density at radius 1 is 0.636 bits per heavy atom. The van der Waals surface area contributed by atoms with Crippen molar-refractivity contribution in [1.82, 2.24) is 29.7 Å². The van der Waals surface area contributed by atoms with Crippen LogP contribution in [0.25, 0.3) is 0 Å². The fourth-order valence-electron chi connectivity index (χ4n) is 6.59. The van der Waals surface area contributed by atoms with Crippen LogP contribution < -0.4 is 42.4 Å². The normalized spacial score (nSPS) is 16.3. The standard InChI is InChI=1S/C36H48N6O11.La.H2O/c1-51-13-10-40-7-4-26(43)19-27(40)34(48)37-20-23-16-24(21-38-35(49)30-32(46)28(44)5-8-41(30)11-14-52-2)18-25(17-23)22-39-36(50)31-33(47)29(45)6-9-42(31)12-15-53-3;;/h4-9,19,23-25,46-47H,10-18,20-22H2,1-3H3,(H,37,48)(H,38,49)(H,39,50);;1H2/q;+3;/p-3/t23?,24-,25+;;. The van der Waals surface area contributed by atoms with Crippen LogP contribution in [-0.4, -0.2) is 97.7 Å². The third kappa shape index (κ3) is 13.0. The molecule has 3 atom stereocenters. The summed E-state index contributed by atoms with van der Waals surface area (Å²) in [4.78, 5) is 76.4. The van der Waals surface area contributed by atoms with E-state index in [4.69, 9.17) is 14.2 Å². The largest absolute Gasteiger partial charge is 3.00 e. The molecule has 1 saturated carbocycles. The Hall–Kier alpha value is -4.11. The van der Waals surface area contributed by atoms with Gasteiger partial charge in [0.05, 0.1) is 19.8 Å². The molecule has 3 amide bonds. The van der Waals surface area contributed by atoms with Crippen LogP contribution in [0, 0.1) is 53.4 Å². The van der Waals surface area contributed by atoms with E-state index in [1.54, 1.807) is 4.57 Å². The molecule has 0 bridgehead atoms. The summed E-state index contributed by atoms with van der Waals surface area (Å²) < 4.78 is 19.6. The molecule has 0 aromatic carbocycles. The number of carbonyl (C=O) groups excluding carboxylic acids is 3. The SMILES string of the molecule is COCCn1ccc(=O)cc1C(=O)NCC1C[C@@H](CNC(=O)c2c([O-])c(=O)ccn2CCOC)C[C@@H](CNC(=O)c2c([O-])c(=O)ccn2CCOC)C1.[La+3].[OH-]. The molecule has 1 fully saturated rings. The van der Waals surface area contributed by atoms with Crippen LogP contribution in [0.5, 0.6) is 11.5 Å². The van der Waals surface area contributed by atoms with E-state index in [-0.39, 0.29) is 127 Å². The Balaban J connectivity index is 0.00000523. The maximum absolute atomic E-state index is 13.3. The van der Waals surface area contributed by atoms with Crippen molar-refractivity contribution in [1.29, 1.82) is 0 Å². The van der Waals surface area contributed by atoms with Gasteiger partial charge in [-0.05, 0) is 48.5 Å². The molecule has 19 heteroatoms. The average Bonchev–Trinajstić information content (AvgIpc) is 3.15. The second-order valence-corrected chi connectivity index (χ2v) is 13.0. The summed E-state index contributed by atoms with van der Waals surface area (Å²) in [5, 5.41) is 33.9. The van der Waals surface area contributed by atoms with Gasteiger partial charge in [0.25, 0.3) is 17.7 Å². The van der Waals surface area contributed by atoms with Crippen LogP contribution >= 0.6 is 0 Å². The number of rotatable bonds is 18. The van der Waals surface area contributed by atoms with Crippen molar-refractivity contribution in [2.24, 2.45) is 17.8 Å². The predicted molar refractivity (Wildman–Crippen MR) is 190 cm³/mol. The van der Waals surface area contributed by atoms with E-state index in [1.165, 1.54) is 61.2 Å². The van der Waals surface area contributed by atoms with E-state index in [9.17, 15) is 39.0 Å². The molecule has 0 saturated heterocycles. The van der Waals surface area contributed by atoms with E-state index < -0.39 is 40.1 Å². The second kappa shape index (κ2) is 23.1. The molecule has 3 aromatic heterocycles. The van der Waals surface area contributed by atoms with Crippen LogP contribution in [0.3, 0.4) is 0 Å². The summed E-state index contributed by atoms with van der Waals surface area (Å²) in [6.45, 7) is 1.89. The van der Waals surface area contributed by atoms with Gasteiger partial charge in [0.1, 0.15) is 17.1 Å². The summed E-state index contributed by atoms with van der Waals surface area (Å²) in [6.07, 6.45) is 5.87. The van der Waals surface area contributed by atoms with Crippen LogP contribution in [0.1, 0.15) is 50.7 Å². The fourth-order valence-corrected chi connectivity index (χ4v) is 6.59. The number of nitrogens with one attached hydrogen (secondary N) is 3. The van der Waals surface area contributed by atoms with Crippen LogP contribution in [0.4, 0.5) is 0 Å². The molecule has 3 aromatic rings. The van der Waals surface area contributed by atoms with E-state index in [0.717, 1.165) is 12.1 Å². The average molecular weight is 895 g/mol. The molecule has 0 radical (unpaired) electrons. The maximum atomic E-state index is 13.3. The van der Waals surface area contributed by atoms with E-state index in [1.807, 2.05) is 0 Å². The third-order valence-electron chi connectivity index (χ3n) is 9.20. The summed E-state index contributed by atoms with van der Waals surface area (Å²) in [5.74, 6) is -4.27. The molecule has 18 nitrogen and oxygen atoms in total. The zero-order chi connectivity index (χ0) is 38.5. The van der Waals surface area contributed by atoms with Gasteiger partial charge in [-0.15, -0.1) is 0 Å². The number of pyridine rings is 3. The van der Waals surface area contributed by atoms with Crippen LogP contribution in [0.15, 0.2) is 57.2 Å². The Bertz CT molecular complexity index is 1830. The molecule has 4 N–H and O–H groups in total. The van der Waals surface area contributed by atoms with Gasteiger partial charge < -0.3 is 59.6 Å². The quantitative estimate of drug-likeness (QED) is 0.135. The molecule has 296 valence electrons. The molecule has 0 aliphatic heterocycles. The molecule has 4 rings (SSSR count). The van der Waals surface area contributed by atoms with Gasteiger partial charge in [-0.2, -0.15) is 0 Å². The van der Waals surface area contributed by atoms with Gasteiger partial charge in [-0.25, -0.2) is 0 Å². The summed E-state index contributed by atoms with van der Waals surface area (Å²) >= 11 is 0. The van der Waals surface area contributed by atoms with E-state index >= 15 is 0 Å². The zero-order valence-electron chi connectivity index (χ0n) is 31.1. The monoisotopic (exact) mass is 894 g/mol. The molecule has 55 heavy (non-hydrogen) atoms. The Labute approximate surface area is 345 Å². The first kappa shape index (κ1) is 47.0. The van der Waals surface area contributed by atoms with Crippen molar-refractivity contribution in [3.05, 3.63) is 90.6 Å². The van der Waals surface area contributed by atoms with Gasteiger partial charge in [0.2, 0.25) is 0 Å². The first-order chi connectivity index (χ1) is 25.5. The van der Waals surface area contributed by atoms with Crippen LogP contribution in [-0.2, 0) is 33.8 Å². The summed E-state index contributed by atoms with van der Waals surface area (Å²) in [7, 11) is 4.48. The number of carbonyl (C=O) groups is 3. The molecule has 0 spiro atoms. The number of hydrogen-bond acceptors (Lipinski definition) is 12. The first-order valence-corrected chi connectivity index (χ1v) is 17.3. The van der Waals surface area contributed by atoms with E-state index in [0.29, 0.717) is 32.4 Å². The smallest absolute Gasteiger partial charge is 0.870 e. The van der Waals surface area contributed by atoms with Gasteiger partial charge >= 0.3 is 35.6 Å². The minimum absolute atomic E-state index is 0. The van der Waals surface area contributed by atoms with E-state index in [2.05, 4.69) is 16.0 Å². The first-order valence-electron chi connectivity index (χ1n) is 17.3. The van der Waals surface area contributed by atoms with Crippen molar-refractivity contribution >= 4 is 17.7 Å². The third-order valence-corrected chi connectivity index (χ3v) is 9.20. The molecule has 1 aliphatic rings. The van der Waals surface area contributed by atoms with Crippen molar-refractivity contribution in [3.63, 3.8) is 0 Å². The zero-order valence-corrected chi connectivity index (χ0v) is 34.7. The summed E-state index contributed by atoms with van der Waals surface area (Å²) in [5.41, 5.74) is -2.40. The topological polar surface area (TPSA) is 257 Å². The van der Waals surface area contributed by atoms with Crippen molar-refractivity contribution in [3.8, 4) is 11.5 Å². The Morgan fingerprint density at radius 3 is 1.40 bits per heavy atom. The molecule has 3 heterocycles. The number of amides is 3. The predicted octanol–water partition coefficient (Wildman–Crippen LogP) is -1.30. The van der Waals surface area contributed by atoms with Crippen LogP contribution in [0.2, 0.25) is 0 Å². The Morgan fingerprint density at radius 2 is 1.00 bits per heavy atom. The fraction of sp³-hybridized carbons (Fsp3) is 0.500. The van der Waals surface area contributed by atoms with Crippen molar-refractivity contribution in [2.75, 3.05) is 60.8 Å². The number of hydrogen-bond donors (Lipinski definition) is 3. The minimum Gasteiger partial charge on any atom is -0.870 e. The molecule has 1 unspecified atom stereocenters. The summed E-state index contributed by atoms with van der Waals surface area (Å²) in [6, 6.07) is 4.81. The number of aromatic nitrogens is 3. The molecular formula is C36H47LaN6O12. The van der Waals surface area contributed by atoms with Gasteiger partial charge in [-0.1, -0.05) is 0 Å². The minimum atomic E-state index is -0.932. The number of ether oxygens (including phenoxy) is 3. The number of nitrogens with zero attached hydrogens (tertiary/aromatic N) is 3.